The molecule has 0 aliphatic heterocycles. The number of carboxylic acid groups (broad SMARTS) is 1. The summed E-state index contributed by atoms with van der Waals surface area (Å²) >= 11 is 7.03. The summed E-state index contributed by atoms with van der Waals surface area (Å²) in [6.45, 7) is 4.32. The lowest BCUT2D eigenvalue weighted by Gasteiger charge is -2.27. The van der Waals surface area contributed by atoms with Gasteiger partial charge < -0.3 is 10.0 Å². The predicted molar refractivity (Wildman–Crippen MR) is 176 cm³/mol. The van der Waals surface area contributed by atoms with E-state index in [1.807, 2.05) is 27.9 Å². The number of sulfonamides is 1. The van der Waals surface area contributed by atoms with E-state index in [0.717, 1.165) is 23.7 Å². The maximum absolute atomic E-state index is 15.4. The van der Waals surface area contributed by atoms with Crippen molar-refractivity contribution in [3.63, 3.8) is 0 Å². The van der Waals surface area contributed by atoms with Gasteiger partial charge in [0.05, 0.1) is 42.4 Å². The molecule has 0 spiro atoms. The first-order valence-corrected chi connectivity index (χ1v) is 17.7. The molecule has 1 aromatic heterocycles. The molecule has 0 aliphatic carbocycles. The minimum absolute atomic E-state index is 0.0175. The second kappa shape index (κ2) is 15.0. The summed E-state index contributed by atoms with van der Waals surface area (Å²) in [5.41, 5.74) is 0.488. The van der Waals surface area contributed by atoms with Crippen molar-refractivity contribution in [2.45, 2.75) is 54.0 Å². The SMILES string of the molecule is CN(C(CCC[NH+](C)C)C(=O)O)S(=O)(=O)c1cc(F)c(CSc2ncc(C(C)(C)c3ccc(F)c(Cl)c3)n2-c2ccc(F)cc2)c(F)c1. The van der Waals surface area contributed by atoms with E-state index in [0.29, 0.717) is 46.3 Å². The van der Waals surface area contributed by atoms with Crippen LogP contribution in [0.1, 0.15) is 43.5 Å². The molecule has 2 N–H and O–H groups in total. The molecule has 15 heteroatoms. The molecule has 258 valence electrons. The lowest BCUT2D eigenvalue weighted by molar-refractivity contribution is -0.858. The van der Waals surface area contributed by atoms with E-state index in [9.17, 15) is 27.1 Å². The third-order valence-corrected chi connectivity index (χ3v) is 11.2. The zero-order valence-electron chi connectivity index (χ0n) is 26.9. The molecular weight excluding hydrogens is 692 g/mol. The van der Waals surface area contributed by atoms with Crippen LogP contribution in [0.2, 0.25) is 5.02 Å². The van der Waals surface area contributed by atoms with Gasteiger partial charge in [0.15, 0.2) is 5.16 Å². The molecular formula is C33H36ClF4N4O4S2+. The highest BCUT2D eigenvalue weighted by Crippen LogP contribution is 2.38. The van der Waals surface area contributed by atoms with Crippen LogP contribution in [0, 0.1) is 23.3 Å². The first kappa shape index (κ1) is 37.4. The number of quaternary nitrogens is 1. The first-order chi connectivity index (χ1) is 22.4. The van der Waals surface area contributed by atoms with Gasteiger partial charge in [-0.25, -0.2) is 31.0 Å². The summed E-state index contributed by atoms with van der Waals surface area (Å²) in [6.07, 6.45) is 1.99. The standard InChI is InChI=1S/C33H35ClF4N4O4S2/c1-33(2,20-8-13-26(36)25(34)15-20)30-18-39-32(42(30)22-11-9-21(35)10-12-22)47-19-24-27(37)16-23(17-28(24)38)48(45,46)41(5)29(31(43)44)7-6-14-40(3)4/h8-13,15-18,29H,6-7,14,19H2,1-5H3,(H,43,44)/p+1. The Kier molecular flexibility index (Phi) is 11.7. The third-order valence-electron chi connectivity index (χ3n) is 8.11. The van der Waals surface area contributed by atoms with Gasteiger partial charge >= 0.3 is 5.97 Å². The van der Waals surface area contributed by atoms with Crippen molar-refractivity contribution < 1.29 is 40.8 Å². The molecule has 0 amide bonds. The number of likely N-dealkylation sites (N-methyl/N-ethyl adjacent to an activating group) is 1. The Morgan fingerprint density at radius 3 is 2.23 bits per heavy atom. The van der Waals surface area contributed by atoms with Crippen molar-refractivity contribution in [2.75, 3.05) is 27.7 Å². The summed E-state index contributed by atoms with van der Waals surface area (Å²) in [7, 11) is 0.252. The monoisotopic (exact) mass is 727 g/mol. The molecule has 4 aromatic rings. The van der Waals surface area contributed by atoms with Crippen molar-refractivity contribution >= 4 is 39.4 Å². The van der Waals surface area contributed by atoms with E-state index < -0.39 is 61.2 Å². The smallest absolute Gasteiger partial charge is 0.322 e. The molecule has 1 heterocycles. The van der Waals surface area contributed by atoms with Gasteiger partial charge in [0.1, 0.15) is 29.3 Å². The maximum atomic E-state index is 15.4. The average Bonchev–Trinajstić information content (AvgIpc) is 3.44. The van der Waals surface area contributed by atoms with Gasteiger partial charge in [0.25, 0.3) is 0 Å². The van der Waals surface area contributed by atoms with Crippen molar-refractivity contribution in [1.82, 2.24) is 13.9 Å². The van der Waals surface area contributed by atoms with E-state index in [1.165, 1.54) is 36.4 Å². The number of nitrogens with zero attached hydrogens (tertiary/aromatic N) is 3. The molecule has 0 fully saturated rings. The fourth-order valence-electron chi connectivity index (χ4n) is 5.20. The summed E-state index contributed by atoms with van der Waals surface area (Å²) in [6, 6.07) is 9.78. The lowest BCUT2D eigenvalue weighted by Crippen LogP contribution is -3.05. The van der Waals surface area contributed by atoms with E-state index in [-0.39, 0.29) is 22.4 Å². The Balaban J connectivity index is 1.66. The van der Waals surface area contributed by atoms with Gasteiger partial charge in [0.2, 0.25) is 10.0 Å². The molecule has 4 rings (SSSR count). The van der Waals surface area contributed by atoms with Crippen LogP contribution in [0.4, 0.5) is 17.6 Å². The Bertz CT molecular complexity index is 1880. The summed E-state index contributed by atoms with van der Waals surface area (Å²) < 4.78 is 87.6. The zero-order valence-corrected chi connectivity index (χ0v) is 29.3. The van der Waals surface area contributed by atoms with Gasteiger partial charge in [-0.1, -0.05) is 43.3 Å². The number of imidazole rings is 1. The number of rotatable bonds is 14. The molecule has 1 atom stereocenters. The zero-order chi connectivity index (χ0) is 35.6. The highest BCUT2D eigenvalue weighted by molar-refractivity contribution is 7.98. The number of halogens is 5. The van der Waals surface area contributed by atoms with Crippen molar-refractivity contribution in [1.29, 1.82) is 0 Å². The quantitative estimate of drug-likeness (QED) is 0.128. The fourth-order valence-corrected chi connectivity index (χ4v) is 7.75. The number of hydrogen-bond donors (Lipinski definition) is 2. The van der Waals surface area contributed by atoms with Gasteiger partial charge in [0, 0.05) is 29.5 Å². The number of carboxylic acids is 1. The normalized spacial score (nSPS) is 13.0. The van der Waals surface area contributed by atoms with Crippen LogP contribution >= 0.6 is 23.4 Å². The summed E-state index contributed by atoms with van der Waals surface area (Å²) in [4.78, 5) is 16.7. The topological polar surface area (TPSA) is 96.9 Å². The Hall–Kier alpha value is -3.43. The van der Waals surface area contributed by atoms with Crippen molar-refractivity contribution in [2.24, 2.45) is 0 Å². The molecule has 0 radical (unpaired) electrons. The van der Waals surface area contributed by atoms with E-state index in [1.54, 1.807) is 16.8 Å². The molecule has 0 bridgehead atoms. The second-order valence-electron chi connectivity index (χ2n) is 12.1. The molecule has 0 saturated carbocycles. The molecule has 0 saturated heterocycles. The predicted octanol–water partition coefficient (Wildman–Crippen LogP) is 5.70. The van der Waals surface area contributed by atoms with Crippen LogP contribution in [0.15, 0.2) is 70.8 Å². The number of thioether (sulfide) groups is 1. The highest BCUT2D eigenvalue weighted by Gasteiger charge is 2.34. The molecule has 8 nitrogen and oxygen atoms in total. The number of benzene rings is 3. The first-order valence-electron chi connectivity index (χ1n) is 14.9. The largest absolute Gasteiger partial charge is 0.480 e. The molecule has 0 aliphatic rings. The molecule has 1 unspecified atom stereocenters. The summed E-state index contributed by atoms with van der Waals surface area (Å²) in [5, 5.41) is 9.91. The number of aromatic nitrogens is 2. The van der Waals surface area contributed by atoms with Crippen LogP contribution in [-0.2, 0) is 26.0 Å². The Labute approximate surface area is 286 Å². The Morgan fingerprint density at radius 1 is 1.04 bits per heavy atom. The Morgan fingerprint density at radius 2 is 1.67 bits per heavy atom. The van der Waals surface area contributed by atoms with Gasteiger partial charge in [-0.05, 0) is 66.9 Å². The highest BCUT2D eigenvalue weighted by atomic mass is 35.5. The fraction of sp³-hybridized carbons (Fsp3) is 0.333. The van der Waals surface area contributed by atoms with Crippen LogP contribution in [0.25, 0.3) is 5.69 Å². The van der Waals surface area contributed by atoms with Crippen LogP contribution in [0.3, 0.4) is 0 Å². The lowest BCUT2D eigenvalue weighted by atomic mass is 9.81. The van der Waals surface area contributed by atoms with E-state index in [2.05, 4.69) is 4.98 Å². The van der Waals surface area contributed by atoms with Crippen LogP contribution in [0.5, 0.6) is 0 Å². The van der Waals surface area contributed by atoms with E-state index >= 15 is 8.78 Å². The minimum atomic E-state index is -4.58. The van der Waals surface area contributed by atoms with Crippen LogP contribution < -0.4 is 4.90 Å². The van der Waals surface area contributed by atoms with Gasteiger partial charge in [-0.15, -0.1) is 0 Å². The van der Waals surface area contributed by atoms with Crippen molar-refractivity contribution in [3.8, 4) is 5.69 Å². The molecule has 48 heavy (non-hydrogen) atoms. The average molecular weight is 728 g/mol. The third kappa shape index (κ3) is 8.05. The number of hydrogen-bond acceptors (Lipinski definition) is 5. The second-order valence-corrected chi connectivity index (χ2v) is 15.5. The molecule has 3 aromatic carbocycles. The minimum Gasteiger partial charge on any atom is -0.480 e. The van der Waals surface area contributed by atoms with Crippen LogP contribution in [-0.4, -0.2) is 67.1 Å². The summed E-state index contributed by atoms with van der Waals surface area (Å²) in [5.74, 6) is -5.02. The van der Waals surface area contributed by atoms with Gasteiger partial charge in [-0.2, -0.15) is 4.31 Å². The van der Waals surface area contributed by atoms with Crippen molar-refractivity contribution in [3.05, 3.63) is 106 Å². The van der Waals surface area contributed by atoms with Gasteiger partial charge in [-0.3, -0.25) is 9.36 Å². The number of nitrogens with one attached hydrogen (secondary N) is 1. The number of carbonyl (C=O) groups is 1. The van der Waals surface area contributed by atoms with E-state index in [4.69, 9.17) is 11.6 Å². The maximum Gasteiger partial charge on any atom is 0.322 e. The number of aliphatic carboxylic acids is 1.